The second-order valence-electron chi connectivity index (χ2n) is 7.87. The van der Waals surface area contributed by atoms with Crippen molar-refractivity contribution in [1.29, 1.82) is 0 Å². The lowest BCUT2D eigenvalue weighted by molar-refractivity contribution is 0.533. The highest BCUT2D eigenvalue weighted by Gasteiger charge is 2.22. The van der Waals surface area contributed by atoms with Gasteiger partial charge in [-0.25, -0.2) is 22.8 Å². The molecule has 11 heteroatoms. The molecule has 2 N–H and O–H groups in total. The lowest BCUT2D eigenvalue weighted by Crippen LogP contribution is -2.15. The second kappa shape index (κ2) is 9.41. The van der Waals surface area contributed by atoms with E-state index in [1.807, 2.05) is 20.8 Å². The van der Waals surface area contributed by atoms with Crippen molar-refractivity contribution in [1.82, 2.24) is 19.7 Å². The minimum Gasteiger partial charge on any atom is -0.352 e. The lowest BCUT2D eigenvalue weighted by Gasteiger charge is -2.12. The third kappa shape index (κ3) is 5.55. The molecule has 0 aliphatic rings. The maximum absolute atomic E-state index is 15.4. The van der Waals surface area contributed by atoms with Crippen molar-refractivity contribution in [3.8, 4) is 22.5 Å². The van der Waals surface area contributed by atoms with Gasteiger partial charge in [-0.05, 0) is 45.4 Å². The summed E-state index contributed by atoms with van der Waals surface area (Å²) in [6, 6.07) is 4.53. The van der Waals surface area contributed by atoms with Gasteiger partial charge in [-0.15, -0.1) is 0 Å². The van der Waals surface area contributed by atoms with Crippen molar-refractivity contribution in [2.75, 3.05) is 16.3 Å². The first kappa shape index (κ1) is 23.9. The molecule has 3 aromatic rings. The Morgan fingerprint density at radius 1 is 1.22 bits per heavy atom. The number of hydrogen-bond donors (Lipinski definition) is 2. The van der Waals surface area contributed by atoms with Crippen LogP contribution in [0.2, 0.25) is 5.02 Å². The van der Waals surface area contributed by atoms with Crippen molar-refractivity contribution in [3.63, 3.8) is 0 Å². The van der Waals surface area contributed by atoms with Gasteiger partial charge >= 0.3 is 0 Å². The summed E-state index contributed by atoms with van der Waals surface area (Å²) in [6.07, 6.45) is 5.24. The van der Waals surface area contributed by atoms with E-state index in [1.165, 1.54) is 12.1 Å². The number of hydrogen-bond acceptors (Lipinski definition) is 6. The molecule has 0 saturated carbocycles. The zero-order valence-corrected chi connectivity index (χ0v) is 20.1. The van der Waals surface area contributed by atoms with E-state index >= 15 is 4.39 Å². The van der Waals surface area contributed by atoms with Crippen LogP contribution in [0.4, 0.5) is 16.0 Å². The molecule has 0 bridgehead atoms. The number of aromatic nitrogens is 4. The Balaban J connectivity index is 2.19. The molecule has 3 rings (SSSR count). The van der Waals surface area contributed by atoms with E-state index in [9.17, 15) is 8.42 Å². The van der Waals surface area contributed by atoms with Crippen molar-refractivity contribution < 1.29 is 12.8 Å². The van der Waals surface area contributed by atoms with Crippen molar-refractivity contribution >= 4 is 33.3 Å². The van der Waals surface area contributed by atoms with Crippen LogP contribution in [-0.4, -0.2) is 40.5 Å². The quantitative estimate of drug-likeness (QED) is 0.472. The summed E-state index contributed by atoms with van der Waals surface area (Å²) in [5, 5.41) is 7.95. The highest BCUT2D eigenvalue weighted by Crippen LogP contribution is 2.37. The number of benzene rings is 1. The average molecular weight is 481 g/mol. The molecular formula is C21H26ClFN6O2S. The molecule has 32 heavy (non-hydrogen) atoms. The van der Waals surface area contributed by atoms with Crippen molar-refractivity contribution in [2.24, 2.45) is 0 Å². The number of sulfonamides is 1. The third-order valence-electron chi connectivity index (χ3n) is 4.77. The maximum atomic E-state index is 15.4. The Bertz CT molecular complexity index is 1230. The molecule has 0 aliphatic carbocycles. The molecule has 0 radical (unpaired) electrons. The summed E-state index contributed by atoms with van der Waals surface area (Å²) in [6.45, 7) is 7.97. The highest BCUT2D eigenvalue weighted by molar-refractivity contribution is 7.92. The number of halogens is 2. The van der Waals surface area contributed by atoms with Gasteiger partial charge in [0.2, 0.25) is 16.0 Å². The Hall–Kier alpha value is -2.72. The van der Waals surface area contributed by atoms with Crippen molar-refractivity contribution in [2.45, 2.75) is 46.2 Å². The predicted molar refractivity (Wildman–Crippen MR) is 126 cm³/mol. The van der Waals surface area contributed by atoms with Gasteiger partial charge in [-0.1, -0.05) is 18.5 Å². The number of rotatable bonds is 8. The summed E-state index contributed by atoms with van der Waals surface area (Å²) in [5.41, 5.74) is 1.22. The number of nitrogens with zero attached hydrogens (tertiary/aromatic N) is 4. The Kier molecular flexibility index (Phi) is 7.04. The standard InChI is InChI=1S/C21H26ClFN6O2S/c1-6-13(4)25-21-24-8-7-17(26-21)16-11-29(12(2)3)27-20(16)15-9-14(22)10-18(19(15)23)28-32(5,30)31/h7-13,28H,6H2,1-5H3,(H,24,25,26)/t13-/m0/s1. The summed E-state index contributed by atoms with van der Waals surface area (Å²) in [4.78, 5) is 8.84. The fourth-order valence-corrected chi connectivity index (χ4v) is 3.75. The first-order valence-corrected chi connectivity index (χ1v) is 12.4. The Morgan fingerprint density at radius 3 is 2.56 bits per heavy atom. The van der Waals surface area contributed by atoms with Crippen LogP contribution in [0.15, 0.2) is 30.6 Å². The molecule has 8 nitrogen and oxygen atoms in total. The largest absolute Gasteiger partial charge is 0.352 e. The lowest BCUT2D eigenvalue weighted by atomic mass is 10.0. The first-order chi connectivity index (χ1) is 15.0. The molecule has 0 aliphatic heterocycles. The zero-order valence-electron chi connectivity index (χ0n) is 18.5. The molecule has 1 aromatic carbocycles. The van der Waals surface area contributed by atoms with E-state index < -0.39 is 15.8 Å². The first-order valence-electron chi connectivity index (χ1n) is 10.1. The van der Waals surface area contributed by atoms with Gasteiger partial charge in [0.1, 0.15) is 5.69 Å². The highest BCUT2D eigenvalue weighted by atomic mass is 35.5. The van der Waals surface area contributed by atoms with E-state index in [1.54, 1.807) is 23.1 Å². The molecule has 2 heterocycles. The van der Waals surface area contributed by atoms with Gasteiger partial charge in [-0.2, -0.15) is 5.10 Å². The Labute approximate surface area is 192 Å². The van der Waals surface area contributed by atoms with Crippen LogP contribution < -0.4 is 10.0 Å². The molecule has 0 saturated heterocycles. The van der Waals surface area contributed by atoms with Gasteiger partial charge in [-0.3, -0.25) is 9.40 Å². The monoisotopic (exact) mass is 480 g/mol. The van der Waals surface area contributed by atoms with Crippen LogP contribution in [-0.2, 0) is 10.0 Å². The van der Waals surface area contributed by atoms with Crippen LogP contribution >= 0.6 is 11.6 Å². The van der Waals surface area contributed by atoms with Gasteiger partial charge in [0.15, 0.2) is 5.82 Å². The minimum atomic E-state index is -3.71. The van der Waals surface area contributed by atoms with Gasteiger partial charge < -0.3 is 5.32 Å². The molecule has 1 atom stereocenters. The smallest absolute Gasteiger partial charge is 0.229 e. The normalized spacial score (nSPS) is 12.8. The third-order valence-corrected chi connectivity index (χ3v) is 5.58. The molecule has 0 spiro atoms. The van der Waals surface area contributed by atoms with Gasteiger partial charge in [0.25, 0.3) is 0 Å². The fraction of sp³-hybridized carbons (Fsp3) is 0.381. The average Bonchev–Trinajstić information content (AvgIpc) is 3.15. The number of anilines is 2. The van der Waals surface area contributed by atoms with E-state index in [0.29, 0.717) is 22.9 Å². The fourth-order valence-electron chi connectivity index (χ4n) is 2.98. The van der Waals surface area contributed by atoms with Crippen molar-refractivity contribution in [3.05, 3.63) is 41.4 Å². The maximum Gasteiger partial charge on any atom is 0.229 e. The second-order valence-corrected chi connectivity index (χ2v) is 10.1. The molecular weight excluding hydrogens is 455 g/mol. The van der Waals surface area contributed by atoms with Gasteiger partial charge in [0, 0.05) is 40.6 Å². The molecule has 0 unspecified atom stereocenters. The molecule has 0 amide bonds. The van der Waals surface area contributed by atoms with E-state index in [0.717, 1.165) is 12.7 Å². The number of nitrogens with one attached hydrogen (secondary N) is 2. The minimum absolute atomic E-state index is 0.00194. The molecule has 172 valence electrons. The van der Waals surface area contributed by atoms with Crippen LogP contribution in [0.5, 0.6) is 0 Å². The van der Waals surface area contributed by atoms with Crippen LogP contribution in [0, 0.1) is 5.82 Å². The SMILES string of the molecule is CC[C@H](C)Nc1nccc(-c2cn(C(C)C)nc2-c2cc(Cl)cc(NS(C)(=O)=O)c2F)n1. The summed E-state index contributed by atoms with van der Waals surface area (Å²) < 4.78 is 42.6. The van der Waals surface area contributed by atoms with Crippen LogP contribution in [0.25, 0.3) is 22.5 Å². The van der Waals surface area contributed by atoms with E-state index in [2.05, 4.69) is 32.0 Å². The van der Waals surface area contributed by atoms with E-state index in [4.69, 9.17) is 11.6 Å². The summed E-state index contributed by atoms with van der Waals surface area (Å²) >= 11 is 6.20. The zero-order chi connectivity index (χ0) is 23.6. The summed E-state index contributed by atoms with van der Waals surface area (Å²) in [5.74, 6) is -0.326. The van der Waals surface area contributed by atoms with E-state index in [-0.39, 0.29) is 28.4 Å². The molecule has 2 aromatic heterocycles. The van der Waals surface area contributed by atoms with Gasteiger partial charge in [0.05, 0.1) is 17.6 Å². The Morgan fingerprint density at radius 2 is 1.94 bits per heavy atom. The predicted octanol–water partition coefficient (Wildman–Crippen LogP) is 4.96. The van der Waals surface area contributed by atoms with Crippen LogP contribution in [0.1, 0.15) is 40.2 Å². The van der Waals surface area contributed by atoms with Crippen LogP contribution in [0.3, 0.4) is 0 Å². The topological polar surface area (TPSA) is 102 Å². The molecule has 0 fully saturated rings. The summed E-state index contributed by atoms with van der Waals surface area (Å²) in [7, 11) is -3.71.